The molecule has 8 heteroatoms. The number of methoxy groups -OCH3 is 1. The van der Waals surface area contributed by atoms with Crippen LogP contribution in [0.15, 0.2) is 91.1 Å². The third-order valence-electron chi connectivity index (χ3n) is 8.29. The van der Waals surface area contributed by atoms with Crippen LogP contribution in [-0.2, 0) is 33.7 Å². The molecule has 1 fully saturated rings. The number of benzene rings is 3. The van der Waals surface area contributed by atoms with E-state index in [4.69, 9.17) is 9.47 Å². The average molecular weight is 623 g/mol. The van der Waals surface area contributed by atoms with Crippen molar-refractivity contribution in [3.63, 3.8) is 0 Å². The van der Waals surface area contributed by atoms with E-state index in [1.165, 1.54) is 23.0 Å². The normalized spacial score (nSPS) is 14.3. The summed E-state index contributed by atoms with van der Waals surface area (Å²) in [5.74, 6) is -0.198. The molecule has 1 aliphatic carbocycles. The van der Waals surface area contributed by atoms with Crippen molar-refractivity contribution < 1.29 is 23.5 Å². The minimum atomic E-state index is -0.944. The SMILES string of the molecule is COC[C@H](C)NCc1ccc(-c2cc3nccc(Oc4ccc(CC(=O)C5(C(=O)Cc6ccccc6)CC5)cc4F)c3s2)cc1. The van der Waals surface area contributed by atoms with Gasteiger partial charge in [0.2, 0.25) is 0 Å². The molecule has 6 nitrogen and oxygen atoms in total. The standard InChI is InChI=1S/C37H35FN2O4S/c1-24(23-43-2)40-22-26-8-11-28(12-9-26)33-21-30-36(45-33)32(14-17-39-30)44-31-13-10-27(18-29(31)38)20-35(42)37(15-16-37)34(41)19-25-6-4-3-5-7-25/h3-14,17-18,21,24,40H,15-16,19-20,22-23H2,1-2H3/t24-/m0/s1. The maximum atomic E-state index is 15.3. The molecule has 45 heavy (non-hydrogen) atoms. The highest BCUT2D eigenvalue weighted by Crippen LogP contribution is 2.49. The Labute approximate surface area is 266 Å². The number of ketones is 2. The molecule has 3 aromatic carbocycles. The number of rotatable bonds is 14. The van der Waals surface area contributed by atoms with Gasteiger partial charge >= 0.3 is 0 Å². The first-order valence-electron chi connectivity index (χ1n) is 15.1. The second-order valence-corrected chi connectivity index (χ2v) is 12.8. The molecule has 0 saturated heterocycles. The molecule has 2 heterocycles. The molecule has 0 radical (unpaired) electrons. The molecule has 0 spiro atoms. The third-order valence-corrected chi connectivity index (χ3v) is 9.48. The molecule has 6 rings (SSSR count). The molecule has 0 amide bonds. The average Bonchev–Trinajstić information content (AvgIpc) is 3.75. The monoisotopic (exact) mass is 622 g/mol. The van der Waals surface area contributed by atoms with Crippen molar-refractivity contribution in [2.24, 2.45) is 5.41 Å². The number of pyridine rings is 1. The summed E-state index contributed by atoms with van der Waals surface area (Å²) in [5.41, 5.74) is 3.48. The van der Waals surface area contributed by atoms with Gasteiger partial charge in [-0.3, -0.25) is 14.6 Å². The van der Waals surface area contributed by atoms with Crippen LogP contribution in [0.5, 0.6) is 11.5 Å². The van der Waals surface area contributed by atoms with E-state index < -0.39 is 11.2 Å². The molecule has 1 aliphatic rings. The smallest absolute Gasteiger partial charge is 0.166 e. The molecule has 1 saturated carbocycles. The maximum Gasteiger partial charge on any atom is 0.166 e. The van der Waals surface area contributed by atoms with Gasteiger partial charge < -0.3 is 14.8 Å². The summed E-state index contributed by atoms with van der Waals surface area (Å²) in [5, 5.41) is 3.44. The summed E-state index contributed by atoms with van der Waals surface area (Å²) >= 11 is 1.54. The van der Waals surface area contributed by atoms with Crippen molar-refractivity contribution >= 4 is 33.1 Å². The van der Waals surface area contributed by atoms with E-state index in [9.17, 15) is 9.59 Å². The Balaban J connectivity index is 1.12. The van der Waals surface area contributed by atoms with E-state index in [1.807, 2.05) is 36.4 Å². The van der Waals surface area contributed by atoms with Gasteiger partial charge in [-0.15, -0.1) is 11.3 Å². The predicted octanol–water partition coefficient (Wildman–Crippen LogP) is 7.72. The lowest BCUT2D eigenvalue weighted by Gasteiger charge is -2.14. The lowest BCUT2D eigenvalue weighted by molar-refractivity contribution is -0.133. The number of fused-ring (bicyclic) bond motifs is 1. The fourth-order valence-electron chi connectivity index (χ4n) is 5.52. The Morgan fingerprint density at radius 2 is 1.62 bits per heavy atom. The Hall–Kier alpha value is -4.24. The van der Waals surface area contributed by atoms with Crippen molar-refractivity contribution in [1.29, 1.82) is 0 Å². The van der Waals surface area contributed by atoms with Gasteiger partial charge in [-0.25, -0.2) is 4.39 Å². The van der Waals surface area contributed by atoms with E-state index >= 15 is 4.39 Å². The minimum absolute atomic E-state index is 0.00650. The highest BCUT2D eigenvalue weighted by molar-refractivity contribution is 7.22. The molecular formula is C37H35FN2O4S. The first-order valence-corrected chi connectivity index (χ1v) is 15.9. The van der Waals surface area contributed by atoms with Crippen LogP contribution in [0.25, 0.3) is 20.7 Å². The van der Waals surface area contributed by atoms with E-state index in [2.05, 4.69) is 41.5 Å². The largest absolute Gasteiger partial charge is 0.453 e. The number of nitrogens with zero attached hydrogens (tertiary/aromatic N) is 1. The predicted molar refractivity (Wildman–Crippen MR) is 175 cm³/mol. The van der Waals surface area contributed by atoms with Gasteiger partial charge in [-0.2, -0.15) is 0 Å². The summed E-state index contributed by atoms with van der Waals surface area (Å²) in [6.07, 6.45) is 2.99. The number of nitrogens with one attached hydrogen (secondary N) is 1. The van der Waals surface area contributed by atoms with E-state index in [0.29, 0.717) is 30.8 Å². The molecule has 1 N–H and O–H groups in total. The Morgan fingerprint density at radius 1 is 0.911 bits per heavy atom. The number of thiophene rings is 1. The topological polar surface area (TPSA) is 77.5 Å². The fourth-order valence-corrected chi connectivity index (χ4v) is 6.59. The van der Waals surface area contributed by atoms with Crippen LogP contribution < -0.4 is 10.1 Å². The Bertz CT molecular complexity index is 1820. The van der Waals surface area contributed by atoms with E-state index in [1.54, 1.807) is 31.5 Å². The molecule has 2 aromatic heterocycles. The maximum absolute atomic E-state index is 15.3. The summed E-state index contributed by atoms with van der Waals surface area (Å²) in [4.78, 5) is 31.7. The van der Waals surface area contributed by atoms with Crippen molar-refractivity contribution in [3.8, 4) is 21.9 Å². The molecule has 230 valence electrons. The number of hydrogen-bond acceptors (Lipinski definition) is 7. The van der Waals surface area contributed by atoms with Gasteiger partial charge in [0.05, 0.1) is 22.2 Å². The first kappa shape index (κ1) is 30.8. The highest BCUT2D eigenvalue weighted by atomic mass is 32.1. The van der Waals surface area contributed by atoms with Gasteiger partial charge in [0.25, 0.3) is 0 Å². The quantitative estimate of drug-likeness (QED) is 0.128. The summed E-state index contributed by atoms with van der Waals surface area (Å²) in [6.45, 7) is 3.50. The fraction of sp³-hybridized carbons (Fsp3) is 0.270. The lowest BCUT2D eigenvalue weighted by Crippen LogP contribution is -2.29. The van der Waals surface area contributed by atoms with Crippen molar-refractivity contribution in [2.45, 2.75) is 45.2 Å². The molecular weight excluding hydrogens is 587 g/mol. The highest BCUT2D eigenvalue weighted by Gasteiger charge is 2.54. The second-order valence-electron chi connectivity index (χ2n) is 11.7. The van der Waals surface area contributed by atoms with Gasteiger partial charge in [0.1, 0.15) is 5.75 Å². The molecule has 0 unspecified atom stereocenters. The number of aromatic nitrogens is 1. The number of Topliss-reactive ketones (excluding diaryl/α,β-unsaturated/α-hetero) is 2. The Kier molecular flexibility index (Phi) is 9.16. The van der Waals surface area contributed by atoms with Gasteiger partial charge in [0, 0.05) is 49.7 Å². The number of ether oxygens (including phenoxy) is 2. The van der Waals surface area contributed by atoms with Crippen LogP contribution >= 0.6 is 11.3 Å². The minimum Gasteiger partial charge on any atom is -0.453 e. The van der Waals surface area contributed by atoms with Gasteiger partial charge in [-0.1, -0.05) is 60.7 Å². The number of halogens is 1. The number of carbonyl (C=O) groups excluding carboxylic acids is 2. The molecule has 0 aliphatic heterocycles. The van der Waals surface area contributed by atoms with Crippen LogP contribution in [0.2, 0.25) is 0 Å². The number of carbonyl (C=O) groups is 2. The van der Waals surface area contributed by atoms with Crippen molar-refractivity contribution in [3.05, 3.63) is 114 Å². The van der Waals surface area contributed by atoms with Crippen LogP contribution in [0.1, 0.15) is 36.5 Å². The van der Waals surface area contributed by atoms with E-state index in [0.717, 1.165) is 32.8 Å². The van der Waals surface area contributed by atoms with Crippen molar-refractivity contribution in [1.82, 2.24) is 10.3 Å². The molecule has 0 bridgehead atoms. The molecule has 5 aromatic rings. The van der Waals surface area contributed by atoms with Gasteiger partial charge in [-0.05, 0) is 60.2 Å². The van der Waals surface area contributed by atoms with Crippen LogP contribution in [0.3, 0.4) is 0 Å². The third kappa shape index (κ3) is 7.04. The first-order chi connectivity index (χ1) is 21.8. The summed E-state index contributed by atoms with van der Waals surface area (Å²) < 4.78 is 27.3. The van der Waals surface area contributed by atoms with Crippen LogP contribution in [0.4, 0.5) is 4.39 Å². The van der Waals surface area contributed by atoms with E-state index in [-0.39, 0.29) is 36.2 Å². The van der Waals surface area contributed by atoms with Crippen molar-refractivity contribution in [2.75, 3.05) is 13.7 Å². The van der Waals surface area contributed by atoms with Crippen LogP contribution in [-0.4, -0.2) is 36.3 Å². The van der Waals surface area contributed by atoms with Gasteiger partial charge in [0.15, 0.2) is 23.1 Å². The van der Waals surface area contributed by atoms with Crippen LogP contribution in [0, 0.1) is 11.2 Å². The lowest BCUT2D eigenvalue weighted by atomic mass is 9.88. The zero-order valence-corrected chi connectivity index (χ0v) is 26.2. The Morgan fingerprint density at radius 3 is 2.31 bits per heavy atom. The number of hydrogen-bond donors (Lipinski definition) is 1. The second kappa shape index (κ2) is 13.4. The molecule has 1 atom stereocenters. The zero-order valence-electron chi connectivity index (χ0n) is 25.3. The summed E-state index contributed by atoms with van der Waals surface area (Å²) in [7, 11) is 1.70. The summed E-state index contributed by atoms with van der Waals surface area (Å²) in [6, 6.07) is 26.4. The zero-order chi connectivity index (χ0) is 31.4.